The predicted molar refractivity (Wildman–Crippen MR) is 107 cm³/mol. The van der Waals surface area contributed by atoms with Gasteiger partial charge in [-0.05, 0) is 37.5 Å². The van der Waals surface area contributed by atoms with Crippen LogP contribution >= 0.6 is 22.9 Å². The summed E-state index contributed by atoms with van der Waals surface area (Å²) >= 11 is 7.73. The van der Waals surface area contributed by atoms with Gasteiger partial charge in [0, 0.05) is 42.4 Å². The SMILES string of the molecule is CN=C(NCCc1csc(C)n1)NCC1(c2ccc(Cl)cc2)CCC1. The van der Waals surface area contributed by atoms with Crippen LogP contribution in [0.2, 0.25) is 5.02 Å². The molecule has 0 amide bonds. The van der Waals surface area contributed by atoms with E-state index >= 15 is 0 Å². The highest BCUT2D eigenvalue weighted by Gasteiger charge is 2.38. The van der Waals surface area contributed by atoms with Crippen LogP contribution in [0.15, 0.2) is 34.6 Å². The number of nitrogens with zero attached hydrogens (tertiary/aromatic N) is 2. The minimum absolute atomic E-state index is 0.203. The normalized spacial score (nSPS) is 16.4. The molecule has 1 saturated carbocycles. The summed E-state index contributed by atoms with van der Waals surface area (Å²) in [6, 6.07) is 8.29. The van der Waals surface area contributed by atoms with Crippen LogP contribution in [0, 0.1) is 6.92 Å². The fourth-order valence-corrected chi connectivity index (χ4v) is 4.05. The fraction of sp³-hybridized carbons (Fsp3) is 0.474. The summed E-state index contributed by atoms with van der Waals surface area (Å²) in [5.41, 5.74) is 2.71. The largest absolute Gasteiger partial charge is 0.356 e. The molecule has 2 aromatic rings. The van der Waals surface area contributed by atoms with Crippen molar-refractivity contribution >= 4 is 28.9 Å². The lowest BCUT2D eigenvalue weighted by atomic mass is 9.64. The van der Waals surface area contributed by atoms with Crippen molar-refractivity contribution in [3.8, 4) is 0 Å². The molecular formula is C19H25ClN4S. The van der Waals surface area contributed by atoms with Gasteiger partial charge in [-0.25, -0.2) is 4.98 Å². The van der Waals surface area contributed by atoms with E-state index in [2.05, 4.69) is 38.1 Å². The minimum atomic E-state index is 0.203. The van der Waals surface area contributed by atoms with E-state index in [1.54, 1.807) is 11.3 Å². The lowest BCUT2D eigenvalue weighted by molar-refractivity contribution is 0.244. The van der Waals surface area contributed by atoms with Crippen LogP contribution in [-0.2, 0) is 11.8 Å². The number of hydrogen-bond acceptors (Lipinski definition) is 3. The van der Waals surface area contributed by atoms with E-state index in [4.69, 9.17) is 11.6 Å². The van der Waals surface area contributed by atoms with Crippen LogP contribution in [0.3, 0.4) is 0 Å². The molecule has 4 nitrogen and oxygen atoms in total. The first kappa shape index (κ1) is 18.2. The highest BCUT2D eigenvalue weighted by molar-refractivity contribution is 7.09. The van der Waals surface area contributed by atoms with Gasteiger partial charge in [0.05, 0.1) is 10.7 Å². The molecule has 0 atom stereocenters. The van der Waals surface area contributed by atoms with Gasteiger partial charge in [0.1, 0.15) is 0 Å². The third-order valence-corrected chi connectivity index (χ3v) is 6.00. The molecule has 1 aliphatic carbocycles. The van der Waals surface area contributed by atoms with Gasteiger partial charge in [0.15, 0.2) is 5.96 Å². The van der Waals surface area contributed by atoms with Crippen LogP contribution in [0.25, 0.3) is 0 Å². The van der Waals surface area contributed by atoms with Gasteiger partial charge in [0.25, 0.3) is 0 Å². The van der Waals surface area contributed by atoms with Gasteiger partial charge >= 0.3 is 0 Å². The lowest BCUT2D eigenvalue weighted by Gasteiger charge is -2.43. The summed E-state index contributed by atoms with van der Waals surface area (Å²) in [5, 5.41) is 10.9. The summed E-state index contributed by atoms with van der Waals surface area (Å²) in [6.07, 6.45) is 4.60. The number of halogens is 1. The van der Waals surface area contributed by atoms with E-state index < -0.39 is 0 Å². The van der Waals surface area contributed by atoms with Gasteiger partial charge in [0.2, 0.25) is 0 Å². The second-order valence-electron chi connectivity index (χ2n) is 6.60. The van der Waals surface area contributed by atoms with Gasteiger partial charge in [-0.1, -0.05) is 30.2 Å². The van der Waals surface area contributed by atoms with E-state index in [1.807, 2.05) is 26.1 Å². The summed E-state index contributed by atoms with van der Waals surface area (Å²) in [5.74, 6) is 0.854. The number of aromatic nitrogens is 1. The van der Waals surface area contributed by atoms with Crippen molar-refractivity contribution in [2.45, 2.75) is 38.0 Å². The van der Waals surface area contributed by atoms with E-state index in [0.29, 0.717) is 0 Å². The Bertz CT molecular complexity index is 719. The molecule has 0 radical (unpaired) electrons. The van der Waals surface area contributed by atoms with Crippen molar-refractivity contribution in [3.63, 3.8) is 0 Å². The zero-order valence-corrected chi connectivity index (χ0v) is 16.4. The molecule has 2 N–H and O–H groups in total. The number of aliphatic imine (C=N–C) groups is 1. The standard InChI is InChI=1S/C19H25ClN4S/c1-14-24-17(12-25-14)8-11-22-18(21-2)23-13-19(9-3-10-19)15-4-6-16(20)7-5-15/h4-7,12H,3,8-11,13H2,1-2H3,(H2,21,22,23). The maximum absolute atomic E-state index is 6.03. The Morgan fingerprint density at radius 2 is 2.04 bits per heavy atom. The van der Waals surface area contributed by atoms with E-state index in [0.717, 1.165) is 41.2 Å². The fourth-order valence-electron chi connectivity index (χ4n) is 3.28. The molecule has 3 rings (SSSR count). The maximum Gasteiger partial charge on any atom is 0.191 e. The van der Waals surface area contributed by atoms with Crippen LogP contribution in [0.4, 0.5) is 0 Å². The number of guanidine groups is 1. The molecule has 1 aromatic carbocycles. The first-order valence-corrected chi connectivity index (χ1v) is 9.99. The maximum atomic E-state index is 6.03. The first-order chi connectivity index (χ1) is 12.1. The number of aryl methyl sites for hydroxylation is 1. The second-order valence-corrected chi connectivity index (χ2v) is 8.10. The highest BCUT2D eigenvalue weighted by Crippen LogP contribution is 2.43. The summed E-state index contributed by atoms with van der Waals surface area (Å²) in [4.78, 5) is 8.84. The molecular weight excluding hydrogens is 352 g/mol. The third kappa shape index (κ3) is 4.53. The Morgan fingerprint density at radius 3 is 2.60 bits per heavy atom. The molecule has 134 valence electrons. The number of hydrogen-bond donors (Lipinski definition) is 2. The Kier molecular flexibility index (Phi) is 5.97. The average molecular weight is 377 g/mol. The molecule has 0 unspecified atom stereocenters. The molecule has 0 spiro atoms. The summed E-state index contributed by atoms with van der Waals surface area (Å²) in [7, 11) is 1.82. The zero-order chi connectivity index (χ0) is 17.7. The summed E-state index contributed by atoms with van der Waals surface area (Å²) < 4.78 is 0. The Morgan fingerprint density at radius 1 is 1.28 bits per heavy atom. The minimum Gasteiger partial charge on any atom is -0.356 e. The molecule has 1 fully saturated rings. The summed E-state index contributed by atoms with van der Waals surface area (Å²) in [6.45, 7) is 3.76. The Hall–Kier alpha value is -1.59. The zero-order valence-electron chi connectivity index (χ0n) is 14.8. The van der Waals surface area contributed by atoms with Crippen LogP contribution in [0.1, 0.15) is 35.5 Å². The van der Waals surface area contributed by atoms with E-state index in [-0.39, 0.29) is 5.41 Å². The monoisotopic (exact) mass is 376 g/mol. The number of rotatable bonds is 6. The van der Waals surface area contributed by atoms with Crippen molar-refractivity contribution in [2.24, 2.45) is 4.99 Å². The average Bonchev–Trinajstić information content (AvgIpc) is 2.99. The first-order valence-electron chi connectivity index (χ1n) is 8.73. The van der Waals surface area contributed by atoms with Crippen molar-refractivity contribution in [1.29, 1.82) is 0 Å². The molecule has 6 heteroatoms. The lowest BCUT2D eigenvalue weighted by Crippen LogP contribution is -2.49. The van der Waals surface area contributed by atoms with Crippen molar-refractivity contribution in [2.75, 3.05) is 20.1 Å². The van der Waals surface area contributed by atoms with Gasteiger partial charge in [-0.3, -0.25) is 4.99 Å². The molecule has 1 aliphatic rings. The molecule has 1 heterocycles. The van der Waals surface area contributed by atoms with Crippen molar-refractivity contribution in [1.82, 2.24) is 15.6 Å². The topological polar surface area (TPSA) is 49.3 Å². The van der Waals surface area contributed by atoms with E-state index in [9.17, 15) is 0 Å². The van der Waals surface area contributed by atoms with Gasteiger partial charge in [-0.2, -0.15) is 0 Å². The Balaban J connectivity index is 1.52. The van der Waals surface area contributed by atoms with Gasteiger partial charge < -0.3 is 10.6 Å². The van der Waals surface area contributed by atoms with E-state index in [1.165, 1.54) is 24.8 Å². The van der Waals surface area contributed by atoms with Crippen LogP contribution in [-0.4, -0.2) is 31.1 Å². The highest BCUT2D eigenvalue weighted by atomic mass is 35.5. The quantitative estimate of drug-likeness (QED) is 0.593. The number of nitrogens with one attached hydrogen (secondary N) is 2. The van der Waals surface area contributed by atoms with Gasteiger partial charge in [-0.15, -0.1) is 11.3 Å². The van der Waals surface area contributed by atoms with Crippen LogP contribution < -0.4 is 10.6 Å². The molecule has 25 heavy (non-hydrogen) atoms. The second kappa shape index (κ2) is 8.19. The third-order valence-electron chi connectivity index (χ3n) is 4.93. The number of benzene rings is 1. The molecule has 0 saturated heterocycles. The van der Waals surface area contributed by atoms with Crippen molar-refractivity contribution < 1.29 is 0 Å². The van der Waals surface area contributed by atoms with Crippen LogP contribution in [0.5, 0.6) is 0 Å². The molecule has 0 bridgehead atoms. The smallest absolute Gasteiger partial charge is 0.191 e. The van der Waals surface area contributed by atoms with Crippen molar-refractivity contribution in [3.05, 3.63) is 50.9 Å². The number of thiazole rings is 1. The predicted octanol–water partition coefficient (Wildman–Crippen LogP) is 3.93. The Labute approximate surface area is 158 Å². The molecule has 1 aromatic heterocycles. The molecule has 0 aliphatic heterocycles.